The minimum Gasteiger partial charge on any atom is -0.465 e. The molecule has 0 unspecified atom stereocenters. The third-order valence-corrected chi connectivity index (χ3v) is 4.74. The zero-order valence-corrected chi connectivity index (χ0v) is 10.7. The Kier molecular flexibility index (Phi) is 2.33. The van der Waals surface area contributed by atoms with Crippen molar-refractivity contribution in [3.63, 3.8) is 0 Å². The Balaban J connectivity index is 1.90. The van der Waals surface area contributed by atoms with E-state index in [1.807, 2.05) is 6.92 Å². The van der Waals surface area contributed by atoms with Gasteiger partial charge in [-0.25, -0.2) is 0 Å². The highest BCUT2D eigenvalue weighted by Crippen LogP contribution is 2.69. The molecular formula is C13H21NO3. The van der Waals surface area contributed by atoms with Gasteiger partial charge >= 0.3 is 5.97 Å². The Bertz CT molecular complexity index is 341. The van der Waals surface area contributed by atoms with Gasteiger partial charge in [0.15, 0.2) is 0 Å². The van der Waals surface area contributed by atoms with E-state index in [-0.39, 0.29) is 22.6 Å². The molecule has 4 heteroatoms. The molecule has 4 fully saturated rings. The molecule has 4 aliphatic rings. The van der Waals surface area contributed by atoms with Crippen molar-refractivity contribution in [2.75, 3.05) is 19.7 Å². The summed E-state index contributed by atoms with van der Waals surface area (Å²) in [6.07, 6.45) is 3.56. The summed E-state index contributed by atoms with van der Waals surface area (Å²) in [6, 6.07) is 0. The smallest absolute Gasteiger partial charge is 0.315 e. The van der Waals surface area contributed by atoms with E-state index >= 15 is 0 Å². The zero-order chi connectivity index (χ0) is 12.1. The van der Waals surface area contributed by atoms with Crippen LogP contribution in [0, 0.1) is 5.41 Å². The number of nitrogens with one attached hydrogen (secondary N) is 1. The Labute approximate surface area is 102 Å². The van der Waals surface area contributed by atoms with Crippen LogP contribution < -0.4 is 5.32 Å². The predicted octanol–water partition coefficient (Wildman–Crippen LogP) is 1.24. The maximum atomic E-state index is 12.3. The lowest BCUT2D eigenvalue weighted by Crippen LogP contribution is -2.57. The fourth-order valence-electron chi connectivity index (χ4n) is 4.20. The maximum Gasteiger partial charge on any atom is 0.315 e. The van der Waals surface area contributed by atoms with Gasteiger partial charge in [0.05, 0.1) is 17.8 Å². The molecule has 1 aliphatic carbocycles. The Morgan fingerprint density at radius 3 is 2.59 bits per heavy atom. The van der Waals surface area contributed by atoms with E-state index in [4.69, 9.17) is 9.47 Å². The lowest BCUT2D eigenvalue weighted by atomic mass is 9.54. The van der Waals surface area contributed by atoms with Gasteiger partial charge in [-0.1, -0.05) is 0 Å². The molecule has 0 radical (unpaired) electrons. The summed E-state index contributed by atoms with van der Waals surface area (Å²) in [4.78, 5) is 12.3. The average Bonchev–Trinajstić information content (AvgIpc) is 2.62. The van der Waals surface area contributed by atoms with Crippen LogP contribution in [0.4, 0.5) is 0 Å². The molecule has 0 amide bonds. The quantitative estimate of drug-likeness (QED) is 0.737. The molecule has 0 aromatic heterocycles. The van der Waals surface area contributed by atoms with E-state index in [9.17, 15) is 4.79 Å². The van der Waals surface area contributed by atoms with Gasteiger partial charge in [-0.2, -0.15) is 0 Å². The second-order valence-electron chi connectivity index (χ2n) is 5.95. The molecule has 1 saturated carbocycles. The highest BCUT2D eigenvalue weighted by molar-refractivity contribution is 5.81. The van der Waals surface area contributed by atoms with Crippen molar-refractivity contribution in [1.29, 1.82) is 0 Å². The number of rotatable bonds is 2. The molecule has 96 valence electrons. The molecule has 17 heavy (non-hydrogen) atoms. The van der Waals surface area contributed by atoms with Crippen molar-refractivity contribution in [2.45, 2.75) is 50.7 Å². The lowest BCUT2D eigenvalue weighted by molar-refractivity contribution is -0.166. The number of ether oxygens (including phenoxy) is 2. The lowest BCUT2D eigenvalue weighted by Gasteiger charge is -2.46. The summed E-state index contributed by atoms with van der Waals surface area (Å²) in [5, 5.41) is 3.34. The van der Waals surface area contributed by atoms with E-state index in [2.05, 4.69) is 12.2 Å². The van der Waals surface area contributed by atoms with Crippen molar-refractivity contribution in [1.82, 2.24) is 5.32 Å². The van der Waals surface area contributed by atoms with Gasteiger partial charge < -0.3 is 14.8 Å². The molecule has 1 N–H and O–H groups in total. The second-order valence-corrected chi connectivity index (χ2v) is 5.95. The van der Waals surface area contributed by atoms with E-state index in [0.717, 1.165) is 38.8 Å². The molecule has 4 nitrogen and oxygen atoms in total. The molecule has 2 bridgehead atoms. The van der Waals surface area contributed by atoms with Crippen LogP contribution in [-0.4, -0.2) is 36.9 Å². The SMILES string of the molecule is CCOC(=O)C12CC(C)(C1)OC21CCNCC1. The molecule has 3 heterocycles. The van der Waals surface area contributed by atoms with E-state index < -0.39 is 0 Å². The Morgan fingerprint density at radius 1 is 1.35 bits per heavy atom. The van der Waals surface area contributed by atoms with Crippen molar-refractivity contribution in [3.05, 3.63) is 0 Å². The van der Waals surface area contributed by atoms with E-state index in [0.29, 0.717) is 6.61 Å². The number of piperidine rings is 1. The first-order valence-electron chi connectivity index (χ1n) is 6.64. The van der Waals surface area contributed by atoms with E-state index in [1.54, 1.807) is 0 Å². The van der Waals surface area contributed by atoms with Crippen LogP contribution in [0.3, 0.4) is 0 Å². The Morgan fingerprint density at radius 2 is 2.00 bits per heavy atom. The summed E-state index contributed by atoms with van der Waals surface area (Å²) >= 11 is 0. The highest BCUT2D eigenvalue weighted by atomic mass is 16.6. The van der Waals surface area contributed by atoms with Crippen molar-refractivity contribution >= 4 is 5.97 Å². The molecular weight excluding hydrogens is 218 g/mol. The fraction of sp³-hybridized carbons (Fsp3) is 0.923. The molecule has 0 aromatic rings. The minimum atomic E-state index is -0.347. The van der Waals surface area contributed by atoms with Crippen molar-refractivity contribution in [3.8, 4) is 0 Å². The molecule has 3 saturated heterocycles. The van der Waals surface area contributed by atoms with Gasteiger partial charge in [-0.15, -0.1) is 0 Å². The first-order valence-corrected chi connectivity index (χ1v) is 6.64. The third-order valence-electron chi connectivity index (χ3n) is 4.74. The summed E-state index contributed by atoms with van der Waals surface area (Å²) in [5.74, 6) is -0.0307. The summed E-state index contributed by atoms with van der Waals surface area (Å²) in [5.41, 5.74) is -0.677. The number of carbonyl (C=O) groups is 1. The monoisotopic (exact) mass is 239 g/mol. The number of hydrogen-bond acceptors (Lipinski definition) is 4. The first-order chi connectivity index (χ1) is 8.06. The number of carbonyl (C=O) groups excluding carboxylic acids is 1. The first kappa shape index (κ1) is 11.5. The van der Waals surface area contributed by atoms with Crippen molar-refractivity contribution in [2.24, 2.45) is 5.41 Å². The van der Waals surface area contributed by atoms with Crippen LogP contribution in [0.2, 0.25) is 0 Å². The van der Waals surface area contributed by atoms with Gasteiger partial charge in [0, 0.05) is 0 Å². The van der Waals surface area contributed by atoms with Gasteiger partial charge in [-0.05, 0) is 52.6 Å². The fourth-order valence-corrected chi connectivity index (χ4v) is 4.20. The maximum absolute atomic E-state index is 12.3. The predicted molar refractivity (Wildman–Crippen MR) is 62.6 cm³/mol. The second kappa shape index (κ2) is 3.45. The van der Waals surface area contributed by atoms with Crippen LogP contribution in [-0.2, 0) is 14.3 Å². The minimum absolute atomic E-state index is 0.0307. The molecule has 0 aromatic carbocycles. The summed E-state index contributed by atoms with van der Waals surface area (Å²) < 4.78 is 11.6. The third kappa shape index (κ3) is 1.34. The van der Waals surface area contributed by atoms with Gasteiger partial charge in [0.2, 0.25) is 0 Å². The molecule has 0 atom stereocenters. The Hall–Kier alpha value is -0.610. The topological polar surface area (TPSA) is 47.6 Å². The van der Waals surface area contributed by atoms with Gasteiger partial charge in [-0.3, -0.25) is 4.79 Å². The van der Waals surface area contributed by atoms with E-state index in [1.165, 1.54) is 0 Å². The van der Waals surface area contributed by atoms with Crippen LogP contribution in [0.15, 0.2) is 0 Å². The van der Waals surface area contributed by atoms with Crippen LogP contribution in [0.1, 0.15) is 39.5 Å². The van der Waals surface area contributed by atoms with Crippen LogP contribution in [0.5, 0.6) is 0 Å². The summed E-state index contributed by atoms with van der Waals surface area (Å²) in [7, 11) is 0. The number of esters is 1. The molecule has 4 rings (SSSR count). The van der Waals surface area contributed by atoms with Crippen molar-refractivity contribution < 1.29 is 14.3 Å². The van der Waals surface area contributed by atoms with Gasteiger partial charge in [0.25, 0.3) is 0 Å². The average molecular weight is 239 g/mol. The van der Waals surface area contributed by atoms with Crippen LogP contribution in [0.25, 0.3) is 0 Å². The normalized spacial score (nSPS) is 42.2. The number of hydrogen-bond donors (Lipinski definition) is 1. The largest absolute Gasteiger partial charge is 0.465 e. The van der Waals surface area contributed by atoms with Gasteiger partial charge in [0.1, 0.15) is 5.41 Å². The molecule has 1 spiro atoms. The van der Waals surface area contributed by atoms with Crippen LogP contribution >= 0.6 is 0 Å². The zero-order valence-electron chi connectivity index (χ0n) is 10.7. The summed E-state index contributed by atoms with van der Waals surface area (Å²) in [6.45, 7) is 6.35. The standard InChI is InChI=1S/C13H21NO3/c1-3-16-10(15)12-8-11(2,9-12)17-13(12)4-6-14-7-5-13/h14H,3-9H2,1-2H3. The highest BCUT2D eigenvalue weighted by Gasteiger charge is 2.76. The molecule has 3 aliphatic heterocycles.